The second-order valence-electron chi connectivity index (χ2n) is 6.48. The molecule has 0 bridgehead atoms. The number of benzene rings is 3. The molecule has 0 saturated heterocycles. The monoisotopic (exact) mass is 405 g/mol. The molecule has 1 atom stereocenters. The molecule has 1 unspecified atom stereocenters. The van der Waals surface area contributed by atoms with Gasteiger partial charge >= 0.3 is 0 Å². The quantitative estimate of drug-likeness (QED) is 0.450. The van der Waals surface area contributed by atoms with E-state index in [0.29, 0.717) is 21.8 Å². The Morgan fingerprint density at radius 1 is 1.14 bits per heavy atom. The maximum absolute atomic E-state index is 12.5. The van der Waals surface area contributed by atoms with Crippen LogP contribution in [0.5, 0.6) is 0 Å². The van der Waals surface area contributed by atoms with E-state index in [-0.39, 0.29) is 11.3 Å². The molecule has 1 N–H and O–H groups in total. The van der Waals surface area contributed by atoms with Gasteiger partial charge in [-0.05, 0) is 41.8 Å². The number of hydrogen-bond acceptors (Lipinski definition) is 4. The largest absolute Gasteiger partial charge is 0.322 e. The van der Waals surface area contributed by atoms with Gasteiger partial charge < -0.3 is 5.32 Å². The molecule has 1 amide bonds. The lowest BCUT2D eigenvalue weighted by Crippen LogP contribution is -2.12. The van der Waals surface area contributed by atoms with Crippen LogP contribution >= 0.6 is 11.6 Å². The molecule has 0 saturated carbocycles. The number of amides is 1. The first-order chi connectivity index (χ1) is 13.9. The third-order valence-corrected chi connectivity index (χ3v) is 4.69. The summed E-state index contributed by atoms with van der Waals surface area (Å²) >= 11 is 6.38. The number of non-ortho nitro benzene ring substituents is 1. The molecule has 0 heterocycles. The maximum Gasteiger partial charge on any atom is 0.270 e. The van der Waals surface area contributed by atoms with E-state index in [1.165, 1.54) is 12.1 Å². The first-order valence-corrected chi connectivity index (χ1v) is 9.08. The van der Waals surface area contributed by atoms with E-state index in [9.17, 15) is 20.2 Å². The SMILES string of the molecule is Cc1cc(C(=O)Nc2ccc(C(C#N)c3ccccc3)c(Cl)c2)cc([N+](=O)[O-])c1. The number of nitro groups is 1. The Hall–Kier alpha value is -3.69. The zero-order valence-corrected chi connectivity index (χ0v) is 16.2. The predicted molar refractivity (Wildman–Crippen MR) is 111 cm³/mol. The van der Waals surface area contributed by atoms with Gasteiger partial charge in [0.15, 0.2) is 0 Å². The van der Waals surface area contributed by atoms with Crippen LogP contribution in [0.2, 0.25) is 5.02 Å². The molecule has 0 fully saturated rings. The van der Waals surface area contributed by atoms with Crippen LogP contribution in [-0.2, 0) is 0 Å². The van der Waals surface area contributed by atoms with Crippen LogP contribution < -0.4 is 5.32 Å². The fourth-order valence-corrected chi connectivity index (χ4v) is 3.30. The van der Waals surface area contributed by atoms with Gasteiger partial charge in [0.1, 0.15) is 0 Å². The molecular weight excluding hydrogens is 390 g/mol. The Bertz CT molecular complexity index is 1120. The van der Waals surface area contributed by atoms with Crippen molar-refractivity contribution < 1.29 is 9.72 Å². The van der Waals surface area contributed by atoms with Crippen molar-refractivity contribution in [2.24, 2.45) is 0 Å². The van der Waals surface area contributed by atoms with Crippen molar-refractivity contribution in [1.82, 2.24) is 0 Å². The highest BCUT2D eigenvalue weighted by molar-refractivity contribution is 6.32. The molecule has 7 heteroatoms. The molecule has 6 nitrogen and oxygen atoms in total. The van der Waals surface area contributed by atoms with Gasteiger partial charge in [-0.1, -0.05) is 48.0 Å². The summed E-state index contributed by atoms with van der Waals surface area (Å²) in [6, 6.07) is 20.6. The average molecular weight is 406 g/mol. The van der Waals surface area contributed by atoms with Crippen molar-refractivity contribution in [1.29, 1.82) is 5.26 Å². The zero-order valence-electron chi connectivity index (χ0n) is 15.4. The normalized spacial score (nSPS) is 11.3. The lowest BCUT2D eigenvalue weighted by molar-refractivity contribution is -0.384. The van der Waals surface area contributed by atoms with Crippen molar-refractivity contribution in [2.45, 2.75) is 12.8 Å². The number of carbonyl (C=O) groups excluding carboxylic acids is 1. The standard InChI is InChI=1S/C22H16ClN3O3/c1-14-9-16(11-18(10-14)26(28)29)22(27)25-17-7-8-19(21(23)12-17)20(13-24)15-5-3-2-4-6-15/h2-12,20H,1H3,(H,25,27). The van der Waals surface area contributed by atoms with Gasteiger partial charge in [-0.25, -0.2) is 0 Å². The summed E-state index contributed by atoms with van der Waals surface area (Å²) in [6.45, 7) is 1.68. The lowest BCUT2D eigenvalue weighted by Gasteiger charge is -2.13. The Kier molecular flexibility index (Phi) is 5.91. The van der Waals surface area contributed by atoms with Gasteiger partial charge in [0.25, 0.3) is 11.6 Å². The van der Waals surface area contributed by atoms with Gasteiger partial charge in [0.05, 0.1) is 16.9 Å². The molecule has 3 rings (SSSR count). The molecule has 0 aromatic heterocycles. The summed E-state index contributed by atoms with van der Waals surface area (Å²) in [7, 11) is 0. The van der Waals surface area contributed by atoms with E-state index in [2.05, 4.69) is 11.4 Å². The number of anilines is 1. The van der Waals surface area contributed by atoms with E-state index in [0.717, 1.165) is 5.56 Å². The number of hydrogen-bond donors (Lipinski definition) is 1. The van der Waals surface area contributed by atoms with Crippen LogP contribution in [0, 0.1) is 28.4 Å². The van der Waals surface area contributed by atoms with E-state index in [1.54, 1.807) is 31.2 Å². The average Bonchev–Trinajstić information content (AvgIpc) is 2.70. The van der Waals surface area contributed by atoms with E-state index in [4.69, 9.17) is 11.6 Å². The zero-order chi connectivity index (χ0) is 21.0. The molecule has 3 aromatic rings. The molecule has 144 valence electrons. The van der Waals surface area contributed by atoms with Crippen molar-refractivity contribution in [3.63, 3.8) is 0 Å². The minimum atomic E-state index is -0.541. The molecular formula is C22H16ClN3O3. The highest BCUT2D eigenvalue weighted by atomic mass is 35.5. The first-order valence-electron chi connectivity index (χ1n) is 8.70. The third-order valence-electron chi connectivity index (χ3n) is 4.37. The maximum atomic E-state index is 12.5. The molecule has 0 radical (unpaired) electrons. The van der Waals surface area contributed by atoms with Gasteiger partial charge in [0.2, 0.25) is 0 Å². The highest BCUT2D eigenvalue weighted by Crippen LogP contribution is 2.32. The second-order valence-corrected chi connectivity index (χ2v) is 6.88. The minimum Gasteiger partial charge on any atom is -0.322 e. The van der Waals surface area contributed by atoms with Gasteiger partial charge in [-0.3, -0.25) is 14.9 Å². The van der Waals surface area contributed by atoms with Crippen molar-refractivity contribution in [3.8, 4) is 6.07 Å². The number of halogens is 1. The summed E-state index contributed by atoms with van der Waals surface area (Å²) in [5.41, 5.74) is 2.51. The van der Waals surface area contributed by atoms with Crippen LogP contribution in [0.3, 0.4) is 0 Å². The Balaban J connectivity index is 1.85. The van der Waals surface area contributed by atoms with Gasteiger partial charge in [-0.2, -0.15) is 5.26 Å². The van der Waals surface area contributed by atoms with Crippen molar-refractivity contribution in [3.05, 3.63) is 104 Å². The number of nitro benzene ring substituents is 1. The summed E-state index contributed by atoms with van der Waals surface area (Å²) in [5.74, 6) is -1.02. The smallest absolute Gasteiger partial charge is 0.270 e. The number of nitriles is 1. The molecule has 0 aliphatic rings. The number of nitrogens with one attached hydrogen (secondary N) is 1. The summed E-state index contributed by atoms with van der Waals surface area (Å²) in [5, 5.41) is 23.6. The lowest BCUT2D eigenvalue weighted by atomic mass is 9.92. The molecule has 0 aliphatic carbocycles. The molecule has 3 aromatic carbocycles. The van der Waals surface area contributed by atoms with Crippen molar-refractivity contribution in [2.75, 3.05) is 5.32 Å². The molecule has 0 spiro atoms. The van der Waals surface area contributed by atoms with Crippen molar-refractivity contribution >= 4 is 28.9 Å². The van der Waals surface area contributed by atoms with Crippen LogP contribution in [0.15, 0.2) is 66.7 Å². The van der Waals surface area contributed by atoms with Crippen LogP contribution in [0.1, 0.15) is 33.0 Å². The number of nitrogens with zero attached hydrogens (tertiary/aromatic N) is 2. The van der Waals surface area contributed by atoms with Crippen LogP contribution in [0.4, 0.5) is 11.4 Å². The van der Waals surface area contributed by atoms with Crippen LogP contribution in [0.25, 0.3) is 0 Å². The Labute approximate surface area is 172 Å². The Morgan fingerprint density at radius 3 is 2.48 bits per heavy atom. The topological polar surface area (TPSA) is 96.0 Å². The highest BCUT2D eigenvalue weighted by Gasteiger charge is 2.18. The van der Waals surface area contributed by atoms with Crippen LogP contribution in [-0.4, -0.2) is 10.8 Å². The Morgan fingerprint density at radius 2 is 1.86 bits per heavy atom. The van der Waals surface area contributed by atoms with E-state index in [1.807, 2.05) is 30.3 Å². The second kappa shape index (κ2) is 8.55. The number of carbonyl (C=O) groups is 1. The fraction of sp³-hybridized carbons (Fsp3) is 0.0909. The summed E-state index contributed by atoms with van der Waals surface area (Å²) in [6.07, 6.45) is 0. The van der Waals surface area contributed by atoms with E-state index < -0.39 is 16.7 Å². The number of aryl methyl sites for hydroxylation is 1. The molecule has 29 heavy (non-hydrogen) atoms. The first kappa shape index (κ1) is 20.1. The predicted octanol–water partition coefficient (Wildman–Crippen LogP) is 5.46. The van der Waals surface area contributed by atoms with Gasteiger partial charge in [0, 0.05) is 28.4 Å². The van der Waals surface area contributed by atoms with E-state index >= 15 is 0 Å². The minimum absolute atomic E-state index is 0.150. The number of rotatable bonds is 5. The molecule has 0 aliphatic heterocycles. The fourth-order valence-electron chi connectivity index (χ4n) is 3.01. The third kappa shape index (κ3) is 4.60. The summed E-state index contributed by atoms with van der Waals surface area (Å²) < 4.78 is 0. The summed E-state index contributed by atoms with van der Waals surface area (Å²) in [4.78, 5) is 23.0. The van der Waals surface area contributed by atoms with Gasteiger partial charge in [-0.15, -0.1) is 0 Å².